The molecular weight excluding hydrogens is 467 g/mol. The molecule has 33 heavy (non-hydrogen) atoms. The first kappa shape index (κ1) is 23.8. The Morgan fingerprint density at radius 2 is 1.73 bits per heavy atom. The van der Waals surface area contributed by atoms with Crippen molar-refractivity contribution in [1.29, 1.82) is 5.26 Å². The third-order valence-corrected chi connectivity index (χ3v) is 4.99. The minimum absolute atomic E-state index is 0.124. The molecule has 3 aromatic carbocycles. The summed E-state index contributed by atoms with van der Waals surface area (Å²) in [5, 5.41) is 18.6. The molecule has 7 nitrogen and oxygen atoms in total. The van der Waals surface area contributed by atoms with Crippen molar-refractivity contribution in [3.8, 4) is 17.6 Å². The van der Waals surface area contributed by atoms with Crippen LogP contribution in [-0.2, 0) is 0 Å². The number of amides is 1. The van der Waals surface area contributed by atoms with Gasteiger partial charge in [0.25, 0.3) is 5.91 Å². The molecule has 168 valence electrons. The highest BCUT2D eigenvalue weighted by Gasteiger charge is 2.15. The van der Waals surface area contributed by atoms with E-state index in [4.69, 9.17) is 33.3 Å². The molecule has 0 saturated heterocycles. The summed E-state index contributed by atoms with van der Waals surface area (Å²) >= 11 is 11.5. The number of carbonyl (C=O) groups is 1. The fourth-order valence-electron chi connectivity index (χ4n) is 2.90. The lowest BCUT2D eigenvalue weighted by Gasteiger charge is -2.16. The average Bonchev–Trinajstić information content (AvgIpc) is 2.80. The number of hydrogen-bond donors (Lipinski definition) is 3. The highest BCUT2D eigenvalue weighted by molar-refractivity contribution is 7.80. The van der Waals surface area contributed by atoms with Crippen LogP contribution in [0.5, 0.6) is 11.5 Å². The van der Waals surface area contributed by atoms with Gasteiger partial charge in [0.15, 0.2) is 5.11 Å². The van der Waals surface area contributed by atoms with Gasteiger partial charge in [-0.3, -0.25) is 4.79 Å². The summed E-state index contributed by atoms with van der Waals surface area (Å²) in [6, 6.07) is 15.5. The van der Waals surface area contributed by atoms with Gasteiger partial charge in [0.05, 0.1) is 41.7 Å². The molecule has 0 saturated carbocycles. The average molecular weight is 485 g/mol. The number of benzene rings is 3. The summed E-state index contributed by atoms with van der Waals surface area (Å²) in [6.45, 7) is 0. The van der Waals surface area contributed by atoms with Gasteiger partial charge in [0.1, 0.15) is 23.4 Å². The number of nitriles is 1. The first-order valence-corrected chi connectivity index (χ1v) is 10.2. The van der Waals surface area contributed by atoms with Crippen molar-refractivity contribution >= 4 is 51.9 Å². The maximum atomic E-state index is 13.9. The number of anilines is 3. The fourth-order valence-corrected chi connectivity index (χ4v) is 3.37. The largest absolute Gasteiger partial charge is 0.495 e. The first-order chi connectivity index (χ1) is 15.9. The Morgan fingerprint density at radius 3 is 2.39 bits per heavy atom. The minimum Gasteiger partial charge on any atom is -0.495 e. The Hall–Kier alpha value is -3.87. The molecule has 3 N–H and O–H groups in total. The Bertz CT molecular complexity index is 1260. The highest BCUT2D eigenvalue weighted by atomic mass is 35.5. The molecular formula is C23H18ClFN4O3S. The van der Waals surface area contributed by atoms with Crippen LogP contribution < -0.4 is 25.4 Å². The summed E-state index contributed by atoms with van der Waals surface area (Å²) < 4.78 is 24.4. The van der Waals surface area contributed by atoms with Gasteiger partial charge in [-0.05, 0) is 48.6 Å². The molecule has 0 aliphatic rings. The molecule has 0 bridgehead atoms. The van der Waals surface area contributed by atoms with Gasteiger partial charge in [-0.1, -0.05) is 23.7 Å². The molecule has 3 aromatic rings. The molecule has 10 heteroatoms. The second-order valence-corrected chi connectivity index (χ2v) is 7.39. The minimum atomic E-state index is -0.661. The van der Waals surface area contributed by atoms with Gasteiger partial charge >= 0.3 is 0 Å². The molecule has 0 spiro atoms. The summed E-state index contributed by atoms with van der Waals surface area (Å²) in [5.74, 6) is -0.405. The Balaban J connectivity index is 1.74. The quantitative estimate of drug-likeness (QED) is 0.401. The van der Waals surface area contributed by atoms with Crippen LogP contribution in [0.15, 0.2) is 54.6 Å². The van der Waals surface area contributed by atoms with E-state index in [-0.39, 0.29) is 21.9 Å². The molecule has 0 aromatic heterocycles. The van der Waals surface area contributed by atoms with Crippen molar-refractivity contribution in [2.45, 2.75) is 0 Å². The molecule has 0 atom stereocenters. The molecule has 0 fully saturated rings. The van der Waals surface area contributed by atoms with Crippen LogP contribution in [0, 0.1) is 17.1 Å². The monoisotopic (exact) mass is 484 g/mol. The van der Waals surface area contributed by atoms with Crippen LogP contribution in [0.2, 0.25) is 5.02 Å². The lowest BCUT2D eigenvalue weighted by molar-refractivity contribution is 0.102. The summed E-state index contributed by atoms with van der Waals surface area (Å²) in [7, 11) is 2.99. The van der Waals surface area contributed by atoms with Gasteiger partial charge in [-0.2, -0.15) is 5.26 Å². The molecule has 0 radical (unpaired) electrons. The van der Waals surface area contributed by atoms with E-state index >= 15 is 0 Å². The molecule has 0 aliphatic heterocycles. The Labute approximate surface area is 200 Å². The Morgan fingerprint density at radius 1 is 1.00 bits per heavy atom. The summed E-state index contributed by atoms with van der Waals surface area (Å²) in [5.41, 5.74) is 1.28. The number of hydrogen-bond acceptors (Lipinski definition) is 5. The zero-order valence-corrected chi connectivity index (χ0v) is 19.1. The highest BCUT2D eigenvalue weighted by Crippen LogP contribution is 2.36. The second kappa shape index (κ2) is 10.6. The topological polar surface area (TPSA) is 95.4 Å². The number of nitrogens with one attached hydrogen (secondary N) is 3. The van der Waals surface area contributed by atoms with Crippen LogP contribution >= 0.6 is 23.8 Å². The SMILES string of the molecule is COc1cc(OC)c(NC(=S)Nc2ccc(NC(=O)c3ccccc3F)c(C#N)c2)cc1Cl. The predicted octanol–water partition coefficient (Wildman–Crippen LogP) is 5.43. The first-order valence-electron chi connectivity index (χ1n) is 9.45. The van der Waals surface area contributed by atoms with Gasteiger partial charge in [-0.15, -0.1) is 0 Å². The predicted molar refractivity (Wildman–Crippen MR) is 130 cm³/mol. The van der Waals surface area contributed by atoms with Crippen molar-refractivity contribution in [2.24, 2.45) is 0 Å². The number of nitrogens with zero attached hydrogens (tertiary/aromatic N) is 1. The van der Waals surface area contributed by atoms with Crippen molar-refractivity contribution < 1.29 is 18.7 Å². The van der Waals surface area contributed by atoms with Gasteiger partial charge < -0.3 is 25.4 Å². The molecule has 0 heterocycles. The van der Waals surface area contributed by atoms with Crippen LogP contribution in [0.25, 0.3) is 0 Å². The van der Waals surface area contributed by atoms with E-state index < -0.39 is 11.7 Å². The molecule has 1 amide bonds. The van der Waals surface area contributed by atoms with Gasteiger partial charge in [0.2, 0.25) is 0 Å². The second-order valence-electron chi connectivity index (χ2n) is 6.57. The van der Waals surface area contributed by atoms with E-state index in [0.717, 1.165) is 0 Å². The van der Waals surface area contributed by atoms with E-state index in [9.17, 15) is 14.4 Å². The number of thiocarbonyl (C=S) groups is 1. The van der Waals surface area contributed by atoms with Crippen molar-refractivity contribution in [3.05, 3.63) is 76.6 Å². The maximum absolute atomic E-state index is 13.9. The van der Waals surface area contributed by atoms with Crippen molar-refractivity contribution in [2.75, 3.05) is 30.2 Å². The Kier molecular flexibility index (Phi) is 7.66. The normalized spacial score (nSPS) is 10.0. The third-order valence-electron chi connectivity index (χ3n) is 4.49. The van der Waals surface area contributed by atoms with Gasteiger partial charge in [-0.25, -0.2) is 4.39 Å². The number of carbonyl (C=O) groups excluding carboxylic acids is 1. The third kappa shape index (κ3) is 5.68. The number of methoxy groups -OCH3 is 2. The van der Waals surface area contributed by atoms with Crippen LogP contribution in [-0.4, -0.2) is 25.2 Å². The van der Waals surface area contributed by atoms with E-state index in [1.165, 1.54) is 44.6 Å². The smallest absolute Gasteiger partial charge is 0.258 e. The van der Waals surface area contributed by atoms with Gasteiger partial charge in [0, 0.05) is 11.8 Å². The van der Waals surface area contributed by atoms with E-state index in [1.807, 2.05) is 6.07 Å². The fraction of sp³-hybridized carbons (Fsp3) is 0.0870. The number of rotatable bonds is 6. The van der Waals surface area contributed by atoms with E-state index in [1.54, 1.807) is 24.3 Å². The van der Waals surface area contributed by atoms with Crippen molar-refractivity contribution in [1.82, 2.24) is 0 Å². The standard InChI is InChI=1S/C23H18ClFN4O3S/c1-31-20-11-21(32-2)19(10-16(20)24)29-23(33)27-14-7-8-18(13(9-14)12-26)28-22(30)15-5-3-4-6-17(15)25/h3-11H,1-2H3,(H,28,30)(H2,27,29,33). The summed E-state index contributed by atoms with van der Waals surface area (Å²) in [6.07, 6.45) is 0. The lowest BCUT2D eigenvalue weighted by Crippen LogP contribution is -2.20. The van der Waals surface area contributed by atoms with Crippen molar-refractivity contribution in [3.63, 3.8) is 0 Å². The zero-order chi connectivity index (χ0) is 24.0. The zero-order valence-electron chi connectivity index (χ0n) is 17.5. The van der Waals surface area contributed by atoms with Crippen LogP contribution in [0.3, 0.4) is 0 Å². The lowest BCUT2D eigenvalue weighted by atomic mass is 10.1. The maximum Gasteiger partial charge on any atom is 0.258 e. The van der Waals surface area contributed by atoms with E-state index in [0.29, 0.717) is 27.9 Å². The number of halogens is 2. The molecule has 0 unspecified atom stereocenters. The molecule has 0 aliphatic carbocycles. The summed E-state index contributed by atoms with van der Waals surface area (Å²) in [4.78, 5) is 12.4. The van der Waals surface area contributed by atoms with E-state index in [2.05, 4.69) is 16.0 Å². The molecule has 3 rings (SSSR count). The van der Waals surface area contributed by atoms with Crippen LogP contribution in [0.4, 0.5) is 21.5 Å². The van der Waals surface area contributed by atoms with Crippen LogP contribution in [0.1, 0.15) is 15.9 Å². The number of ether oxygens (including phenoxy) is 2.